The van der Waals surface area contributed by atoms with Crippen LogP contribution in [0.4, 0.5) is 5.69 Å². The van der Waals surface area contributed by atoms with Gasteiger partial charge in [0.2, 0.25) is 5.91 Å². The normalized spacial score (nSPS) is 21.1. The van der Waals surface area contributed by atoms with E-state index in [1.165, 1.54) is 0 Å². The maximum Gasteiger partial charge on any atom is 0.303 e. The van der Waals surface area contributed by atoms with Crippen molar-refractivity contribution in [1.82, 2.24) is 9.80 Å². The zero-order chi connectivity index (χ0) is 24.6. The molecule has 2 atom stereocenters. The highest BCUT2D eigenvalue weighted by Crippen LogP contribution is 2.31. The first-order chi connectivity index (χ1) is 17.0. The second-order valence-electron chi connectivity index (χ2n) is 9.70. The molecule has 2 aliphatic rings. The number of anilines is 1. The standard InChI is InChI=1S/C28H37N3O4/c1-35-26-10-6-5-9-25(26)30-17-15-29(16-18-30)13-11-24-21-31(14-12-23(24)20-28(33)34)27(32)19-22-7-3-2-4-8-22/h2-10,23-24H,11-21H2,1H3,(H,33,34). The summed E-state index contributed by atoms with van der Waals surface area (Å²) in [5.74, 6) is 0.643. The van der Waals surface area contributed by atoms with Gasteiger partial charge in [-0.3, -0.25) is 14.5 Å². The zero-order valence-electron chi connectivity index (χ0n) is 20.6. The number of hydrogen-bond acceptors (Lipinski definition) is 5. The second kappa shape index (κ2) is 12.1. The van der Waals surface area contributed by atoms with Gasteiger partial charge < -0.3 is 19.6 Å². The molecule has 7 heteroatoms. The minimum Gasteiger partial charge on any atom is -0.495 e. The van der Waals surface area contributed by atoms with Crippen molar-refractivity contribution in [2.45, 2.75) is 25.7 Å². The van der Waals surface area contributed by atoms with Crippen LogP contribution in [-0.4, -0.2) is 79.7 Å². The maximum absolute atomic E-state index is 13.0. The van der Waals surface area contributed by atoms with Gasteiger partial charge in [-0.25, -0.2) is 0 Å². The van der Waals surface area contributed by atoms with Crippen LogP contribution in [0.1, 0.15) is 24.8 Å². The molecular weight excluding hydrogens is 442 g/mol. The number of nitrogens with zero attached hydrogens (tertiary/aromatic N) is 3. The summed E-state index contributed by atoms with van der Waals surface area (Å²) in [6, 6.07) is 18.0. The highest BCUT2D eigenvalue weighted by atomic mass is 16.5. The lowest BCUT2D eigenvalue weighted by atomic mass is 9.81. The van der Waals surface area contributed by atoms with Crippen molar-refractivity contribution in [3.8, 4) is 5.75 Å². The van der Waals surface area contributed by atoms with E-state index in [4.69, 9.17) is 4.74 Å². The zero-order valence-corrected chi connectivity index (χ0v) is 20.6. The van der Waals surface area contributed by atoms with Crippen LogP contribution in [0, 0.1) is 11.8 Å². The Balaban J connectivity index is 1.31. The van der Waals surface area contributed by atoms with Crippen molar-refractivity contribution in [1.29, 1.82) is 0 Å². The summed E-state index contributed by atoms with van der Waals surface area (Å²) in [7, 11) is 1.71. The first kappa shape index (κ1) is 25.0. The van der Waals surface area contributed by atoms with Crippen molar-refractivity contribution in [2.24, 2.45) is 11.8 Å². The van der Waals surface area contributed by atoms with Gasteiger partial charge in [0.1, 0.15) is 5.75 Å². The van der Waals surface area contributed by atoms with Crippen molar-refractivity contribution in [3.63, 3.8) is 0 Å². The topological polar surface area (TPSA) is 73.3 Å². The summed E-state index contributed by atoms with van der Waals surface area (Å²) >= 11 is 0. The van der Waals surface area contributed by atoms with E-state index >= 15 is 0 Å². The lowest BCUT2D eigenvalue weighted by Gasteiger charge is -2.40. The average Bonchev–Trinajstić information content (AvgIpc) is 2.88. The molecule has 7 nitrogen and oxygen atoms in total. The van der Waals surface area contributed by atoms with E-state index in [0.29, 0.717) is 19.5 Å². The molecule has 0 bridgehead atoms. The number of piperidine rings is 1. The highest BCUT2D eigenvalue weighted by Gasteiger charge is 2.33. The van der Waals surface area contributed by atoms with Crippen LogP contribution >= 0.6 is 0 Å². The number of rotatable bonds is 9. The molecule has 2 aliphatic heterocycles. The number of carbonyl (C=O) groups excluding carboxylic acids is 1. The molecular formula is C28H37N3O4. The van der Waals surface area contributed by atoms with Gasteiger partial charge in [-0.1, -0.05) is 42.5 Å². The monoisotopic (exact) mass is 479 g/mol. The molecule has 4 rings (SSSR count). The third kappa shape index (κ3) is 6.75. The number of amides is 1. The molecule has 2 heterocycles. The van der Waals surface area contributed by atoms with Crippen molar-refractivity contribution in [3.05, 3.63) is 60.2 Å². The minimum absolute atomic E-state index is 0.128. The molecule has 0 aromatic heterocycles. The van der Waals surface area contributed by atoms with Crippen LogP contribution < -0.4 is 9.64 Å². The second-order valence-corrected chi connectivity index (χ2v) is 9.70. The fourth-order valence-corrected chi connectivity index (χ4v) is 5.46. The van der Waals surface area contributed by atoms with Crippen LogP contribution in [0.3, 0.4) is 0 Å². The van der Waals surface area contributed by atoms with Crippen molar-refractivity contribution in [2.75, 3.05) is 57.8 Å². The Kier molecular flexibility index (Phi) is 8.64. The predicted molar refractivity (Wildman–Crippen MR) is 137 cm³/mol. The van der Waals surface area contributed by atoms with E-state index in [9.17, 15) is 14.7 Å². The number of aliphatic carboxylic acids is 1. The molecule has 1 amide bonds. The average molecular weight is 480 g/mol. The Bertz CT molecular complexity index is 975. The van der Waals surface area contributed by atoms with E-state index in [2.05, 4.69) is 15.9 Å². The quantitative estimate of drug-likeness (QED) is 0.594. The lowest BCUT2D eigenvalue weighted by molar-refractivity contribution is -0.139. The Morgan fingerprint density at radius 3 is 2.37 bits per heavy atom. The molecule has 2 unspecified atom stereocenters. The fourth-order valence-electron chi connectivity index (χ4n) is 5.46. The van der Waals surface area contributed by atoms with Gasteiger partial charge in [0.05, 0.1) is 19.2 Å². The molecule has 2 fully saturated rings. The molecule has 0 aliphatic carbocycles. The highest BCUT2D eigenvalue weighted by molar-refractivity contribution is 5.79. The molecule has 188 valence electrons. The molecule has 35 heavy (non-hydrogen) atoms. The van der Waals surface area contributed by atoms with Gasteiger partial charge in [0, 0.05) is 45.7 Å². The number of likely N-dealkylation sites (tertiary alicyclic amines) is 1. The first-order valence-corrected chi connectivity index (χ1v) is 12.7. The summed E-state index contributed by atoms with van der Waals surface area (Å²) in [5.41, 5.74) is 2.16. The smallest absolute Gasteiger partial charge is 0.303 e. The van der Waals surface area contributed by atoms with E-state index in [-0.39, 0.29) is 24.2 Å². The third-order valence-corrected chi connectivity index (χ3v) is 7.49. The molecule has 1 N–H and O–H groups in total. The number of para-hydroxylation sites is 2. The van der Waals surface area contributed by atoms with Gasteiger partial charge in [-0.15, -0.1) is 0 Å². The summed E-state index contributed by atoms with van der Waals surface area (Å²) in [6.07, 6.45) is 2.27. The number of piperazine rings is 1. The maximum atomic E-state index is 13.0. The van der Waals surface area contributed by atoms with E-state index < -0.39 is 5.97 Å². The number of carbonyl (C=O) groups is 2. The van der Waals surface area contributed by atoms with E-state index in [1.807, 2.05) is 53.4 Å². The number of benzene rings is 2. The fraction of sp³-hybridized carbons (Fsp3) is 0.500. The Hall–Kier alpha value is -3.06. The molecule has 2 saturated heterocycles. The number of carboxylic acid groups (broad SMARTS) is 1. The first-order valence-electron chi connectivity index (χ1n) is 12.7. The van der Waals surface area contributed by atoms with Gasteiger partial charge in [0.15, 0.2) is 0 Å². The number of ether oxygens (including phenoxy) is 1. The van der Waals surface area contributed by atoms with Crippen LogP contribution in [-0.2, 0) is 16.0 Å². The largest absolute Gasteiger partial charge is 0.495 e. The van der Waals surface area contributed by atoms with Gasteiger partial charge >= 0.3 is 5.97 Å². The van der Waals surface area contributed by atoms with Crippen molar-refractivity contribution >= 4 is 17.6 Å². The summed E-state index contributed by atoms with van der Waals surface area (Å²) in [4.78, 5) is 31.2. The predicted octanol–water partition coefficient (Wildman–Crippen LogP) is 3.39. The summed E-state index contributed by atoms with van der Waals surface area (Å²) in [5, 5.41) is 9.44. The van der Waals surface area contributed by atoms with Gasteiger partial charge in [0.25, 0.3) is 0 Å². The number of hydrogen-bond donors (Lipinski definition) is 1. The van der Waals surface area contributed by atoms with Crippen LogP contribution in [0.25, 0.3) is 0 Å². The Morgan fingerprint density at radius 1 is 0.943 bits per heavy atom. The van der Waals surface area contributed by atoms with E-state index in [1.54, 1.807) is 7.11 Å². The van der Waals surface area contributed by atoms with Gasteiger partial charge in [-0.2, -0.15) is 0 Å². The lowest BCUT2D eigenvalue weighted by Crippen LogP contribution is -2.49. The van der Waals surface area contributed by atoms with Crippen LogP contribution in [0.2, 0.25) is 0 Å². The third-order valence-electron chi connectivity index (χ3n) is 7.49. The summed E-state index contributed by atoms with van der Waals surface area (Å²) in [6.45, 7) is 6.04. The molecule has 2 aromatic rings. The molecule has 2 aromatic carbocycles. The molecule has 0 radical (unpaired) electrons. The molecule has 0 saturated carbocycles. The Morgan fingerprint density at radius 2 is 1.66 bits per heavy atom. The summed E-state index contributed by atoms with van der Waals surface area (Å²) < 4.78 is 5.53. The molecule has 0 spiro atoms. The SMILES string of the molecule is COc1ccccc1N1CCN(CCC2CN(C(=O)Cc3ccccc3)CCC2CC(=O)O)CC1. The number of methoxy groups -OCH3 is 1. The Labute approximate surface area is 208 Å². The number of carboxylic acids is 1. The van der Waals surface area contributed by atoms with Crippen LogP contribution in [0.5, 0.6) is 5.75 Å². The van der Waals surface area contributed by atoms with Crippen LogP contribution in [0.15, 0.2) is 54.6 Å². The minimum atomic E-state index is -0.741. The van der Waals surface area contributed by atoms with Crippen molar-refractivity contribution < 1.29 is 19.4 Å². The van der Waals surface area contributed by atoms with E-state index in [0.717, 1.165) is 62.6 Å². The van der Waals surface area contributed by atoms with Gasteiger partial charge in [-0.05, 0) is 48.9 Å².